The molecule has 3 heteroatoms. The van der Waals surface area contributed by atoms with E-state index in [4.69, 9.17) is 0 Å². The lowest BCUT2D eigenvalue weighted by atomic mass is 10.1. The van der Waals surface area contributed by atoms with Gasteiger partial charge in [0.2, 0.25) is 5.91 Å². The van der Waals surface area contributed by atoms with Gasteiger partial charge in [0, 0.05) is 18.2 Å². The molecule has 1 aromatic rings. The third-order valence-corrected chi connectivity index (χ3v) is 1.79. The fourth-order valence-corrected chi connectivity index (χ4v) is 1.20. The summed E-state index contributed by atoms with van der Waals surface area (Å²) in [5.41, 5.74) is 1.21. The van der Waals surface area contributed by atoms with Gasteiger partial charge in [-0.2, -0.15) is 0 Å². The molecule has 0 fully saturated rings. The summed E-state index contributed by atoms with van der Waals surface area (Å²) in [4.78, 5) is 22.3. The number of hydrogen-bond acceptors (Lipinski definition) is 2. The first-order valence-corrected chi connectivity index (χ1v) is 4.68. The number of benzene rings is 1. The molecule has 0 unspecified atom stereocenters. The Morgan fingerprint density at radius 3 is 2.67 bits per heavy atom. The Bertz CT molecular complexity index is 408. The van der Waals surface area contributed by atoms with Gasteiger partial charge < -0.3 is 5.32 Å². The Hall–Kier alpha value is -1.90. The molecular formula is C12H13NO2. The van der Waals surface area contributed by atoms with E-state index in [-0.39, 0.29) is 11.7 Å². The zero-order chi connectivity index (χ0) is 11.3. The standard InChI is InChI=1S/C12H13NO2/c1-3-5-12(15)10-6-4-7-11(8-10)13-9(2)14/h3-8H,1-2H3,(H,13,14)/b5-3+. The maximum atomic E-state index is 11.5. The van der Waals surface area contributed by atoms with Crippen LogP contribution in [0.5, 0.6) is 0 Å². The number of nitrogens with one attached hydrogen (secondary N) is 1. The minimum absolute atomic E-state index is 0.0651. The predicted octanol–water partition coefficient (Wildman–Crippen LogP) is 2.40. The molecule has 78 valence electrons. The van der Waals surface area contributed by atoms with Crippen LogP contribution in [0.25, 0.3) is 0 Å². The van der Waals surface area contributed by atoms with Crippen LogP contribution in [0.15, 0.2) is 36.4 Å². The van der Waals surface area contributed by atoms with Gasteiger partial charge in [-0.05, 0) is 25.1 Å². The lowest BCUT2D eigenvalue weighted by Gasteiger charge is -2.02. The molecule has 1 aromatic carbocycles. The zero-order valence-electron chi connectivity index (χ0n) is 8.78. The van der Waals surface area contributed by atoms with Crippen molar-refractivity contribution in [1.29, 1.82) is 0 Å². The van der Waals surface area contributed by atoms with E-state index in [0.717, 1.165) is 0 Å². The number of ketones is 1. The fraction of sp³-hybridized carbons (Fsp3) is 0.167. The molecule has 0 aromatic heterocycles. The van der Waals surface area contributed by atoms with E-state index in [9.17, 15) is 9.59 Å². The van der Waals surface area contributed by atoms with Crippen molar-refractivity contribution in [3.63, 3.8) is 0 Å². The van der Waals surface area contributed by atoms with E-state index >= 15 is 0 Å². The van der Waals surface area contributed by atoms with Gasteiger partial charge in [-0.3, -0.25) is 9.59 Å². The Labute approximate surface area is 88.8 Å². The summed E-state index contributed by atoms with van der Waals surface area (Å²) in [6.07, 6.45) is 3.18. The SMILES string of the molecule is C/C=C/C(=O)c1cccc(NC(C)=O)c1. The number of allylic oxidation sites excluding steroid dienone is 2. The van der Waals surface area contributed by atoms with Crippen LogP contribution in [0.3, 0.4) is 0 Å². The average Bonchev–Trinajstić information content (AvgIpc) is 2.17. The second-order valence-electron chi connectivity index (χ2n) is 3.13. The van der Waals surface area contributed by atoms with E-state index < -0.39 is 0 Å². The van der Waals surface area contributed by atoms with Crippen LogP contribution >= 0.6 is 0 Å². The summed E-state index contributed by atoms with van der Waals surface area (Å²) in [6.45, 7) is 3.22. The summed E-state index contributed by atoms with van der Waals surface area (Å²) >= 11 is 0. The van der Waals surface area contributed by atoms with Crippen molar-refractivity contribution < 1.29 is 9.59 Å². The third kappa shape index (κ3) is 3.38. The zero-order valence-corrected chi connectivity index (χ0v) is 8.78. The number of rotatable bonds is 3. The summed E-state index contributed by atoms with van der Waals surface area (Å²) in [5, 5.41) is 2.63. The van der Waals surface area contributed by atoms with E-state index in [1.54, 1.807) is 37.3 Å². The molecule has 1 N–H and O–H groups in total. The Balaban J connectivity index is 2.92. The monoisotopic (exact) mass is 203 g/mol. The van der Waals surface area contributed by atoms with Gasteiger partial charge in [-0.1, -0.05) is 18.2 Å². The lowest BCUT2D eigenvalue weighted by molar-refractivity contribution is -0.114. The highest BCUT2D eigenvalue weighted by Crippen LogP contribution is 2.11. The summed E-state index contributed by atoms with van der Waals surface area (Å²) in [7, 11) is 0. The van der Waals surface area contributed by atoms with Gasteiger partial charge in [0.1, 0.15) is 0 Å². The van der Waals surface area contributed by atoms with Gasteiger partial charge in [0.05, 0.1) is 0 Å². The molecule has 0 bridgehead atoms. The molecule has 3 nitrogen and oxygen atoms in total. The third-order valence-electron chi connectivity index (χ3n) is 1.79. The van der Waals surface area contributed by atoms with Gasteiger partial charge in [-0.25, -0.2) is 0 Å². The smallest absolute Gasteiger partial charge is 0.221 e. The van der Waals surface area contributed by atoms with Gasteiger partial charge in [0.25, 0.3) is 0 Å². The lowest BCUT2D eigenvalue weighted by Crippen LogP contribution is -2.06. The van der Waals surface area contributed by atoms with Crippen LogP contribution in [-0.2, 0) is 4.79 Å². The normalized spacial score (nSPS) is 10.3. The average molecular weight is 203 g/mol. The maximum absolute atomic E-state index is 11.5. The molecule has 0 aliphatic heterocycles. The molecule has 0 aliphatic rings. The van der Waals surface area contributed by atoms with Crippen LogP contribution < -0.4 is 5.32 Å². The first-order valence-electron chi connectivity index (χ1n) is 4.68. The second-order valence-corrected chi connectivity index (χ2v) is 3.13. The number of amides is 1. The van der Waals surface area contributed by atoms with Crippen molar-refractivity contribution in [3.8, 4) is 0 Å². The van der Waals surface area contributed by atoms with Crippen LogP contribution in [-0.4, -0.2) is 11.7 Å². The predicted molar refractivity (Wildman–Crippen MR) is 59.9 cm³/mol. The highest BCUT2D eigenvalue weighted by Gasteiger charge is 2.02. The Kier molecular flexibility index (Phi) is 3.80. The first kappa shape index (κ1) is 11.2. The van der Waals surface area contributed by atoms with E-state index in [1.165, 1.54) is 13.0 Å². The van der Waals surface area contributed by atoms with Gasteiger partial charge in [-0.15, -0.1) is 0 Å². The molecule has 0 radical (unpaired) electrons. The Morgan fingerprint density at radius 2 is 2.07 bits per heavy atom. The molecule has 0 saturated heterocycles. The number of anilines is 1. The summed E-state index contributed by atoms with van der Waals surface area (Å²) in [5.74, 6) is -0.213. The molecule has 0 spiro atoms. The number of hydrogen-bond donors (Lipinski definition) is 1. The quantitative estimate of drug-likeness (QED) is 0.605. The largest absolute Gasteiger partial charge is 0.326 e. The molecule has 0 aliphatic carbocycles. The van der Waals surface area contributed by atoms with E-state index in [0.29, 0.717) is 11.3 Å². The van der Waals surface area contributed by atoms with Gasteiger partial charge >= 0.3 is 0 Å². The van der Waals surface area contributed by atoms with Crippen molar-refractivity contribution >= 4 is 17.4 Å². The molecule has 15 heavy (non-hydrogen) atoms. The van der Waals surface area contributed by atoms with E-state index in [2.05, 4.69) is 5.32 Å². The number of carbonyl (C=O) groups is 2. The first-order chi connectivity index (χ1) is 7.13. The fourth-order valence-electron chi connectivity index (χ4n) is 1.20. The Morgan fingerprint density at radius 1 is 1.33 bits per heavy atom. The van der Waals surface area contributed by atoms with Crippen molar-refractivity contribution in [2.45, 2.75) is 13.8 Å². The second kappa shape index (κ2) is 5.10. The summed E-state index contributed by atoms with van der Waals surface area (Å²) in [6, 6.07) is 6.85. The summed E-state index contributed by atoms with van der Waals surface area (Å²) < 4.78 is 0. The van der Waals surface area contributed by atoms with Crippen molar-refractivity contribution in [1.82, 2.24) is 0 Å². The molecule has 0 saturated carbocycles. The highest BCUT2D eigenvalue weighted by atomic mass is 16.1. The van der Waals surface area contributed by atoms with Gasteiger partial charge in [0.15, 0.2) is 5.78 Å². The minimum atomic E-state index is -0.148. The van der Waals surface area contributed by atoms with E-state index in [1.807, 2.05) is 0 Å². The molecule has 0 atom stereocenters. The van der Waals surface area contributed by atoms with Crippen molar-refractivity contribution in [3.05, 3.63) is 42.0 Å². The topological polar surface area (TPSA) is 46.2 Å². The molecular weight excluding hydrogens is 190 g/mol. The highest BCUT2D eigenvalue weighted by molar-refractivity contribution is 6.05. The number of carbonyl (C=O) groups excluding carboxylic acids is 2. The molecule has 0 heterocycles. The van der Waals surface area contributed by atoms with Crippen LogP contribution in [0.4, 0.5) is 5.69 Å². The van der Waals surface area contributed by atoms with Crippen molar-refractivity contribution in [2.75, 3.05) is 5.32 Å². The van der Waals surface area contributed by atoms with Crippen LogP contribution in [0.2, 0.25) is 0 Å². The molecule has 1 rings (SSSR count). The minimum Gasteiger partial charge on any atom is -0.326 e. The molecule has 1 amide bonds. The van der Waals surface area contributed by atoms with Crippen LogP contribution in [0.1, 0.15) is 24.2 Å². The maximum Gasteiger partial charge on any atom is 0.221 e. The van der Waals surface area contributed by atoms with Crippen molar-refractivity contribution in [2.24, 2.45) is 0 Å². The van der Waals surface area contributed by atoms with Crippen LogP contribution in [0, 0.1) is 0 Å².